The van der Waals surface area contributed by atoms with Gasteiger partial charge in [0.05, 0.1) is 13.0 Å². The number of rotatable bonds is 7. The molecule has 16 heavy (non-hydrogen) atoms. The molecular formula is C11H25ClN2O2. The van der Waals surface area contributed by atoms with E-state index in [1.54, 1.807) is 4.90 Å². The van der Waals surface area contributed by atoms with E-state index in [9.17, 15) is 4.79 Å². The van der Waals surface area contributed by atoms with Gasteiger partial charge >= 0.3 is 0 Å². The Hall–Kier alpha value is -0.320. The summed E-state index contributed by atoms with van der Waals surface area (Å²) in [5, 5.41) is 0. The molecule has 98 valence electrons. The van der Waals surface area contributed by atoms with Crippen LogP contribution in [0.4, 0.5) is 0 Å². The second-order valence-corrected chi connectivity index (χ2v) is 4.57. The predicted molar refractivity (Wildman–Crippen MR) is 68.8 cm³/mol. The maximum atomic E-state index is 11.6. The summed E-state index contributed by atoms with van der Waals surface area (Å²) in [5.41, 5.74) is 5.60. The quantitative estimate of drug-likeness (QED) is 0.695. The van der Waals surface area contributed by atoms with Crippen molar-refractivity contribution in [2.75, 3.05) is 33.4 Å². The van der Waals surface area contributed by atoms with Crippen LogP contribution in [0.2, 0.25) is 0 Å². The first-order valence-electron chi connectivity index (χ1n) is 5.44. The fraction of sp³-hybridized carbons (Fsp3) is 0.909. The number of amides is 1. The van der Waals surface area contributed by atoms with Crippen molar-refractivity contribution in [1.29, 1.82) is 0 Å². The van der Waals surface area contributed by atoms with Gasteiger partial charge < -0.3 is 15.4 Å². The first-order chi connectivity index (χ1) is 6.93. The van der Waals surface area contributed by atoms with Crippen molar-refractivity contribution >= 4 is 18.3 Å². The maximum Gasteiger partial charge on any atom is 0.224 e. The van der Waals surface area contributed by atoms with Crippen LogP contribution in [-0.2, 0) is 9.53 Å². The molecule has 0 bridgehead atoms. The second kappa shape index (κ2) is 8.79. The third kappa shape index (κ3) is 7.91. The number of nitrogens with zero attached hydrogens (tertiary/aromatic N) is 1. The van der Waals surface area contributed by atoms with Crippen molar-refractivity contribution in [3.8, 4) is 0 Å². The smallest absolute Gasteiger partial charge is 0.224 e. The number of hydrogen-bond acceptors (Lipinski definition) is 3. The van der Waals surface area contributed by atoms with E-state index in [-0.39, 0.29) is 23.7 Å². The zero-order valence-electron chi connectivity index (χ0n) is 10.8. The van der Waals surface area contributed by atoms with Crippen molar-refractivity contribution in [2.45, 2.75) is 27.2 Å². The minimum atomic E-state index is -0.0178. The SMILES string of the molecule is CCOCCC(=O)N(C)CC(C)(C)CN.Cl. The summed E-state index contributed by atoms with van der Waals surface area (Å²) in [4.78, 5) is 13.3. The Bertz CT molecular complexity index is 198. The molecule has 5 heteroatoms. The van der Waals surface area contributed by atoms with Gasteiger partial charge in [-0.15, -0.1) is 12.4 Å². The molecule has 0 aliphatic heterocycles. The van der Waals surface area contributed by atoms with Gasteiger partial charge in [0.25, 0.3) is 0 Å². The monoisotopic (exact) mass is 252 g/mol. The molecule has 0 aliphatic carbocycles. The Kier molecular flexibility index (Phi) is 9.92. The number of ether oxygens (including phenoxy) is 1. The molecule has 0 spiro atoms. The van der Waals surface area contributed by atoms with Gasteiger partial charge in [0, 0.05) is 20.2 Å². The summed E-state index contributed by atoms with van der Waals surface area (Å²) >= 11 is 0. The Labute approximate surface area is 105 Å². The number of hydrogen-bond donors (Lipinski definition) is 1. The van der Waals surface area contributed by atoms with E-state index in [0.29, 0.717) is 32.7 Å². The zero-order valence-corrected chi connectivity index (χ0v) is 11.6. The fourth-order valence-electron chi connectivity index (χ4n) is 1.29. The first-order valence-corrected chi connectivity index (χ1v) is 5.44. The van der Waals surface area contributed by atoms with Crippen LogP contribution in [0.25, 0.3) is 0 Å². The molecule has 0 atom stereocenters. The average molecular weight is 253 g/mol. The number of nitrogens with two attached hydrogens (primary N) is 1. The van der Waals surface area contributed by atoms with E-state index >= 15 is 0 Å². The maximum absolute atomic E-state index is 11.6. The van der Waals surface area contributed by atoms with E-state index < -0.39 is 0 Å². The molecule has 0 aromatic heterocycles. The van der Waals surface area contributed by atoms with Crippen LogP contribution in [0.3, 0.4) is 0 Å². The largest absolute Gasteiger partial charge is 0.381 e. The molecule has 0 saturated heterocycles. The predicted octanol–water partition coefficient (Wildman–Crippen LogP) is 1.28. The van der Waals surface area contributed by atoms with Crippen molar-refractivity contribution in [2.24, 2.45) is 11.1 Å². The number of carbonyl (C=O) groups excluding carboxylic acids is 1. The van der Waals surface area contributed by atoms with Gasteiger partial charge in [0.2, 0.25) is 5.91 Å². The molecule has 0 saturated carbocycles. The van der Waals surface area contributed by atoms with Gasteiger partial charge in [-0.2, -0.15) is 0 Å². The Morgan fingerprint density at radius 3 is 2.44 bits per heavy atom. The number of halogens is 1. The minimum Gasteiger partial charge on any atom is -0.381 e. The molecule has 0 unspecified atom stereocenters. The zero-order chi connectivity index (χ0) is 11.9. The third-order valence-corrected chi connectivity index (χ3v) is 2.31. The third-order valence-electron chi connectivity index (χ3n) is 2.31. The minimum absolute atomic E-state index is 0. The van der Waals surface area contributed by atoms with E-state index in [0.717, 1.165) is 0 Å². The lowest BCUT2D eigenvalue weighted by molar-refractivity contribution is -0.132. The summed E-state index contributed by atoms with van der Waals surface area (Å²) in [6, 6.07) is 0. The lowest BCUT2D eigenvalue weighted by Crippen LogP contribution is -2.40. The number of carbonyl (C=O) groups is 1. The van der Waals surface area contributed by atoms with Crippen LogP contribution >= 0.6 is 12.4 Å². The highest BCUT2D eigenvalue weighted by Gasteiger charge is 2.20. The standard InChI is InChI=1S/C11H24N2O2.ClH/c1-5-15-7-6-10(14)13(4)9-11(2,3)8-12;/h5-9,12H2,1-4H3;1H. The topological polar surface area (TPSA) is 55.6 Å². The van der Waals surface area contributed by atoms with Crippen LogP contribution in [0.1, 0.15) is 27.2 Å². The molecule has 2 N–H and O–H groups in total. The van der Waals surface area contributed by atoms with Gasteiger partial charge in [-0.25, -0.2) is 0 Å². The molecule has 0 rings (SSSR count). The Morgan fingerprint density at radius 2 is 2.00 bits per heavy atom. The molecular weight excluding hydrogens is 228 g/mol. The lowest BCUT2D eigenvalue weighted by atomic mass is 9.93. The highest BCUT2D eigenvalue weighted by molar-refractivity contribution is 5.85. The van der Waals surface area contributed by atoms with Crippen LogP contribution in [0.5, 0.6) is 0 Å². The molecule has 0 radical (unpaired) electrons. The van der Waals surface area contributed by atoms with E-state index in [2.05, 4.69) is 13.8 Å². The Morgan fingerprint density at radius 1 is 1.44 bits per heavy atom. The van der Waals surface area contributed by atoms with Crippen LogP contribution in [0, 0.1) is 5.41 Å². The molecule has 0 aromatic rings. The molecule has 0 fully saturated rings. The summed E-state index contributed by atoms with van der Waals surface area (Å²) < 4.78 is 5.14. The van der Waals surface area contributed by atoms with E-state index in [1.807, 2.05) is 14.0 Å². The van der Waals surface area contributed by atoms with E-state index in [4.69, 9.17) is 10.5 Å². The highest BCUT2D eigenvalue weighted by atomic mass is 35.5. The molecule has 4 nitrogen and oxygen atoms in total. The van der Waals surface area contributed by atoms with Crippen LogP contribution < -0.4 is 5.73 Å². The summed E-state index contributed by atoms with van der Waals surface area (Å²) in [6.45, 7) is 8.46. The molecule has 0 aliphatic rings. The Balaban J connectivity index is 0. The summed E-state index contributed by atoms with van der Waals surface area (Å²) in [6.07, 6.45) is 0.449. The van der Waals surface area contributed by atoms with Gasteiger partial charge in [-0.3, -0.25) is 4.79 Å². The molecule has 0 heterocycles. The summed E-state index contributed by atoms with van der Waals surface area (Å²) in [5.74, 6) is 0.116. The van der Waals surface area contributed by atoms with Crippen molar-refractivity contribution in [1.82, 2.24) is 4.90 Å². The average Bonchev–Trinajstić information content (AvgIpc) is 2.17. The van der Waals surface area contributed by atoms with Crippen LogP contribution in [0.15, 0.2) is 0 Å². The summed E-state index contributed by atoms with van der Waals surface area (Å²) in [7, 11) is 1.81. The van der Waals surface area contributed by atoms with Crippen molar-refractivity contribution < 1.29 is 9.53 Å². The van der Waals surface area contributed by atoms with Crippen molar-refractivity contribution in [3.05, 3.63) is 0 Å². The normalized spacial score (nSPS) is 10.8. The van der Waals surface area contributed by atoms with Gasteiger partial charge in [0.15, 0.2) is 0 Å². The first kappa shape index (κ1) is 18.1. The fourth-order valence-corrected chi connectivity index (χ4v) is 1.29. The van der Waals surface area contributed by atoms with Crippen LogP contribution in [-0.4, -0.2) is 44.2 Å². The van der Waals surface area contributed by atoms with Gasteiger partial charge in [-0.05, 0) is 18.9 Å². The van der Waals surface area contributed by atoms with E-state index in [1.165, 1.54) is 0 Å². The lowest BCUT2D eigenvalue weighted by Gasteiger charge is -2.29. The van der Waals surface area contributed by atoms with Gasteiger partial charge in [0.1, 0.15) is 0 Å². The van der Waals surface area contributed by atoms with Crippen molar-refractivity contribution in [3.63, 3.8) is 0 Å². The highest BCUT2D eigenvalue weighted by Crippen LogP contribution is 2.14. The second-order valence-electron chi connectivity index (χ2n) is 4.57. The van der Waals surface area contributed by atoms with Gasteiger partial charge in [-0.1, -0.05) is 13.8 Å². The molecule has 1 amide bonds. The molecule has 0 aromatic carbocycles.